The van der Waals surface area contributed by atoms with Gasteiger partial charge in [0.15, 0.2) is 5.82 Å². The van der Waals surface area contributed by atoms with Crippen molar-refractivity contribution in [3.05, 3.63) is 71.0 Å². The quantitative estimate of drug-likeness (QED) is 0.729. The molecule has 3 aromatic rings. The fourth-order valence-corrected chi connectivity index (χ4v) is 3.86. The summed E-state index contributed by atoms with van der Waals surface area (Å²) >= 11 is 0. The van der Waals surface area contributed by atoms with Gasteiger partial charge in [-0.2, -0.15) is 0 Å². The molecular weight excluding hydrogens is 336 g/mol. The summed E-state index contributed by atoms with van der Waals surface area (Å²) in [7, 11) is 0. The molecule has 0 amide bonds. The van der Waals surface area contributed by atoms with E-state index in [4.69, 9.17) is 15.5 Å². The lowest BCUT2D eigenvalue weighted by Crippen LogP contribution is -2.31. The van der Waals surface area contributed by atoms with Gasteiger partial charge in [-0.05, 0) is 53.4 Å². The number of ether oxygens (including phenoxy) is 1. The average molecular weight is 358 g/mol. The van der Waals surface area contributed by atoms with Gasteiger partial charge < -0.3 is 10.5 Å². The Labute approximate surface area is 158 Å². The first kappa shape index (κ1) is 16.3. The summed E-state index contributed by atoms with van der Waals surface area (Å²) < 4.78 is 5.61. The number of nitrogens with zero attached hydrogens (tertiary/aromatic N) is 3. The molecule has 27 heavy (non-hydrogen) atoms. The molecule has 5 nitrogen and oxygen atoms in total. The molecule has 0 aliphatic carbocycles. The second kappa shape index (κ2) is 6.67. The molecule has 2 aliphatic rings. The normalized spacial score (nSPS) is 15.9. The monoisotopic (exact) mass is 358 g/mol. The van der Waals surface area contributed by atoms with Crippen LogP contribution in [0.3, 0.4) is 0 Å². The summed E-state index contributed by atoms with van der Waals surface area (Å²) in [4.78, 5) is 11.9. The van der Waals surface area contributed by atoms with E-state index in [9.17, 15) is 0 Å². The van der Waals surface area contributed by atoms with Crippen LogP contribution in [0.25, 0.3) is 11.4 Å². The Kier molecular flexibility index (Phi) is 4.02. The number of hydrogen-bond acceptors (Lipinski definition) is 5. The van der Waals surface area contributed by atoms with Crippen molar-refractivity contribution in [2.45, 2.75) is 25.9 Å². The van der Waals surface area contributed by atoms with Crippen LogP contribution < -0.4 is 10.5 Å². The Morgan fingerprint density at radius 1 is 1.04 bits per heavy atom. The Balaban J connectivity index is 1.35. The van der Waals surface area contributed by atoms with Gasteiger partial charge in [0.1, 0.15) is 5.75 Å². The van der Waals surface area contributed by atoms with Crippen molar-refractivity contribution in [2.75, 3.05) is 18.9 Å². The van der Waals surface area contributed by atoms with Gasteiger partial charge in [-0.1, -0.05) is 12.1 Å². The minimum Gasteiger partial charge on any atom is -0.493 e. The third kappa shape index (κ3) is 3.26. The summed E-state index contributed by atoms with van der Waals surface area (Å²) in [5, 5.41) is 0. The summed E-state index contributed by atoms with van der Waals surface area (Å²) in [5.74, 6) is 1.81. The maximum atomic E-state index is 5.79. The van der Waals surface area contributed by atoms with Crippen LogP contribution in [0.2, 0.25) is 0 Å². The summed E-state index contributed by atoms with van der Waals surface area (Å²) in [5.41, 5.74) is 12.6. The number of aromatic nitrogens is 2. The third-order valence-corrected chi connectivity index (χ3v) is 5.35. The van der Waals surface area contributed by atoms with E-state index < -0.39 is 0 Å². The van der Waals surface area contributed by atoms with Crippen LogP contribution in [-0.2, 0) is 25.9 Å². The largest absolute Gasteiger partial charge is 0.493 e. The smallest absolute Gasteiger partial charge is 0.159 e. The molecule has 5 rings (SSSR count). The molecule has 0 unspecified atom stereocenters. The standard InChI is InChI=1S/C22H22N4O/c23-19-4-2-16(3-5-19)22-24-12-18-7-9-26(14-20(18)25-22)13-15-1-6-21-17(11-15)8-10-27-21/h1-6,11-12H,7-10,13-14,23H2. The first-order chi connectivity index (χ1) is 13.2. The van der Waals surface area contributed by atoms with E-state index in [2.05, 4.69) is 28.1 Å². The molecule has 136 valence electrons. The van der Waals surface area contributed by atoms with Crippen LogP contribution in [0, 0.1) is 0 Å². The Morgan fingerprint density at radius 3 is 2.81 bits per heavy atom. The number of fused-ring (bicyclic) bond motifs is 2. The van der Waals surface area contributed by atoms with Crippen molar-refractivity contribution >= 4 is 5.69 Å². The van der Waals surface area contributed by atoms with Gasteiger partial charge in [0, 0.05) is 43.5 Å². The highest BCUT2D eigenvalue weighted by atomic mass is 16.5. The Bertz CT molecular complexity index is 984. The minimum absolute atomic E-state index is 0.752. The lowest BCUT2D eigenvalue weighted by molar-refractivity contribution is 0.241. The lowest BCUT2D eigenvalue weighted by atomic mass is 10.0. The van der Waals surface area contributed by atoms with Crippen molar-refractivity contribution in [2.24, 2.45) is 0 Å². The lowest BCUT2D eigenvalue weighted by Gasteiger charge is -2.28. The summed E-state index contributed by atoms with van der Waals surface area (Å²) in [6.07, 6.45) is 3.99. The average Bonchev–Trinajstić information content (AvgIpc) is 3.16. The molecule has 2 aromatic carbocycles. The topological polar surface area (TPSA) is 64.3 Å². The maximum Gasteiger partial charge on any atom is 0.159 e. The number of nitrogen functional groups attached to an aromatic ring is 1. The van der Waals surface area contributed by atoms with Gasteiger partial charge in [-0.3, -0.25) is 4.90 Å². The van der Waals surface area contributed by atoms with E-state index in [0.29, 0.717) is 0 Å². The number of nitrogens with two attached hydrogens (primary N) is 1. The Hall–Kier alpha value is -2.92. The second-order valence-electron chi connectivity index (χ2n) is 7.29. The molecular formula is C22H22N4O. The van der Waals surface area contributed by atoms with E-state index in [1.165, 1.54) is 16.7 Å². The molecule has 5 heteroatoms. The molecule has 0 radical (unpaired) electrons. The summed E-state index contributed by atoms with van der Waals surface area (Å²) in [6, 6.07) is 14.3. The third-order valence-electron chi connectivity index (χ3n) is 5.35. The van der Waals surface area contributed by atoms with E-state index in [1.54, 1.807) is 0 Å². The highest BCUT2D eigenvalue weighted by Gasteiger charge is 2.20. The SMILES string of the molecule is Nc1ccc(-c2ncc3c(n2)CN(Cc2ccc4c(c2)CCO4)CC3)cc1. The number of hydrogen-bond donors (Lipinski definition) is 1. The van der Waals surface area contributed by atoms with E-state index in [1.807, 2.05) is 30.5 Å². The van der Waals surface area contributed by atoms with Crippen molar-refractivity contribution < 1.29 is 4.74 Å². The predicted molar refractivity (Wildman–Crippen MR) is 105 cm³/mol. The highest BCUT2D eigenvalue weighted by molar-refractivity contribution is 5.58. The highest BCUT2D eigenvalue weighted by Crippen LogP contribution is 2.27. The zero-order valence-electron chi connectivity index (χ0n) is 15.2. The van der Waals surface area contributed by atoms with Crippen LogP contribution in [0.4, 0.5) is 5.69 Å². The van der Waals surface area contributed by atoms with Crippen LogP contribution in [-0.4, -0.2) is 28.0 Å². The summed E-state index contributed by atoms with van der Waals surface area (Å²) in [6.45, 7) is 3.63. The molecule has 3 heterocycles. The first-order valence-corrected chi connectivity index (χ1v) is 9.42. The van der Waals surface area contributed by atoms with E-state index >= 15 is 0 Å². The number of anilines is 1. The van der Waals surface area contributed by atoms with Crippen LogP contribution in [0.15, 0.2) is 48.7 Å². The predicted octanol–water partition coefficient (Wildman–Crippen LogP) is 3.22. The second-order valence-corrected chi connectivity index (χ2v) is 7.29. The molecule has 1 aromatic heterocycles. The molecule has 0 fully saturated rings. The fraction of sp³-hybridized carbons (Fsp3) is 0.273. The molecule has 0 spiro atoms. The molecule has 0 saturated carbocycles. The van der Waals surface area contributed by atoms with Crippen molar-refractivity contribution in [3.63, 3.8) is 0 Å². The number of rotatable bonds is 3. The van der Waals surface area contributed by atoms with Gasteiger partial charge in [0.2, 0.25) is 0 Å². The van der Waals surface area contributed by atoms with Crippen LogP contribution in [0.5, 0.6) is 5.75 Å². The van der Waals surface area contributed by atoms with Gasteiger partial charge in [-0.15, -0.1) is 0 Å². The van der Waals surface area contributed by atoms with Crippen molar-refractivity contribution in [1.82, 2.24) is 14.9 Å². The van der Waals surface area contributed by atoms with Gasteiger partial charge >= 0.3 is 0 Å². The minimum atomic E-state index is 0.752. The maximum absolute atomic E-state index is 5.79. The Morgan fingerprint density at radius 2 is 1.93 bits per heavy atom. The molecule has 0 saturated heterocycles. The molecule has 2 aliphatic heterocycles. The van der Waals surface area contributed by atoms with Crippen LogP contribution >= 0.6 is 0 Å². The van der Waals surface area contributed by atoms with Gasteiger partial charge in [0.25, 0.3) is 0 Å². The number of benzene rings is 2. The van der Waals surface area contributed by atoms with E-state index in [-0.39, 0.29) is 0 Å². The van der Waals surface area contributed by atoms with Gasteiger partial charge in [0.05, 0.1) is 12.3 Å². The first-order valence-electron chi connectivity index (χ1n) is 9.42. The van der Waals surface area contributed by atoms with Crippen molar-refractivity contribution in [3.8, 4) is 17.1 Å². The van der Waals surface area contributed by atoms with Gasteiger partial charge in [-0.25, -0.2) is 9.97 Å². The molecule has 0 bridgehead atoms. The fourth-order valence-electron chi connectivity index (χ4n) is 3.86. The van der Waals surface area contributed by atoms with E-state index in [0.717, 1.165) is 67.6 Å². The van der Waals surface area contributed by atoms with Crippen LogP contribution in [0.1, 0.15) is 22.4 Å². The zero-order valence-corrected chi connectivity index (χ0v) is 15.2. The molecule has 2 N–H and O–H groups in total. The van der Waals surface area contributed by atoms with Crippen molar-refractivity contribution in [1.29, 1.82) is 0 Å². The molecule has 0 atom stereocenters. The zero-order chi connectivity index (χ0) is 18.2.